The molecule has 0 saturated carbocycles. The molecule has 4 aliphatic heterocycles. The zero-order chi connectivity index (χ0) is 22.9. The highest BCUT2D eigenvalue weighted by Gasteiger charge is 2.54. The predicted octanol–water partition coefficient (Wildman–Crippen LogP) is 2.37. The van der Waals surface area contributed by atoms with Gasteiger partial charge in [0, 0.05) is 25.4 Å². The molecule has 1 spiro atoms. The number of hydrogen-bond acceptors (Lipinski definition) is 5. The van der Waals surface area contributed by atoms with Crippen molar-refractivity contribution < 1.29 is 23.6 Å². The Hall–Kier alpha value is -1.90. The summed E-state index contributed by atoms with van der Waals surface area (Å²) in [6.45, 7) is 11.8. The molecule has 0 aliphatic carbocycles. The van der Waals surface area contributed by atoms with Crippen LogP contribution in [0.5, 0.6) is 0 Å². The van der Waals surface area contributed by atoms with Crippen molar-refractivity contribution in [2.24, 2.45) is 0 Å². The van der Waals surface area contributed by atoms with E-state index in [1.165, 1.54) is 0 Å². The number of carbonyl (C=O) groups excluding carboxylic acids is 2. The Labute approximate surface area is 190 Å². The van der Waals surface area contributed by atoms with Crippen molar-refractivity contribution in [3.8, 4) is 0 Å². The third-order valence-electron chi connectivity index (χ3n) is 8.34. The number of piperidine rings is 1. The molecule has 1 atom stereocenters. The molecule has 0 bridgehead atoms. The standard InChI is InChI=1S/C24H33BN2O5/c1-21(2)22(3,4)32-25(31-21)16-7-8-17-18(15-16)26-19(28)24(17)10-12-27(13-11-24)20(29)23(5)9-6-14-30-23/h7-8,15H,6,9-14H2,1-5H3,(H,26,28). The van der Waals surface area contributed by atoms with Crippen molar-refractivity contribution in [2.75, 3.05) is 25.0 Å². The summed E-state index contributed by atoms with van der Waals surface area (Å²) in [7, 11) is -0.467. The van der Waals surface area contributed by atoms with Crippen LogP contribution >= 0.6 is 0 Å². The molecule has 7 nitrogen and oxygen atoms in total. The van der Waals surface area contributed by atoms with Crippen LogP contribution < -0.4 is 10.8 Å². The summed E-state index contributed by atoms with van der Waals surface area (Å²) in [6.07, 6.45) is 2.91. The molecule has 3 saturated heterocycles. The first-order valence-electron chi connectivity index (χ1n) is 11.7. The van der Waals surface area contributed by atoms with Gasteiger partial charge in [0.15, 0.2) is 0 Å². The van der Waals surface area contributed by atoms with Crippen molar-refractivity contribution in [3.63, 3.8) is 0 Å². The molecule has 1 aromatic rings. The number of nitrogens with zero attached hydrogens (tertiary/aromatic N) is 1. The summed E-state index contributed by atoms with van der Waals surface area (Å²) in [5.41, 5.74) is 0.612. The number of hydrogen-bond donors (Lipinski definition) is 1. The van der Waals surface area contributed by atoms with Crippen molar-refractivity contribution in [3.05, 3.63) is 23.8 Å². The molecule has 1 unspecified atom stereocenters. The van der Waals surface area contributed by atoms with Crippen LogP contribution in [0.3, 0.4) is 0 Å². The second kappa shape index (κ2) is 7.05. The Kier molecular flexibility index (Phi) is 4.83. The van der Waals surface area contributed by atoms with Crippen LogP contribution in [0.2, 0.25) is 0 Å². The fraction of sp³-hybridized carbons (Fsp3) is 0.667. The van der Waals surface area contributed by atoms with Gasteiger partial charge in [0.25, 0.3) is 5.91 Å². The van der Waals surface area contributed by atoms with E-state index in [2.05, 4.69) is 5.32 Å². The van der Waals surface area contributed by atoms with Gasteiger partial charge in [-0.15, -0.1) is 0 Å². The number of likely N-dealkylation sites (tertiary alicyclic amines) is 1. The molecule has 2 amide bonds. The van der Waals surface area contributed by atoms with E-state index in [-0.39, 0.29) is 11.8 Å². The Morgan fingerprint density at radius 3 is 2.28 bits per heavy atom. The first kappa shape index (κ1) is 21.9. The lowest BCUT2D eigenvalue weighted by Gasteiger charge is -2.40. The van der Waals surface area contributed by atoms with E-state index in [9.17, 15) is 9.59 Å². The molecular formula is C24H33BN2O5. The number of rotatable bonds is 2. The third-order valence-corrected chi connectivity index (χ3v) is 8.34. The lowest BCUT2D eigenvalue weighted by Crippen LogP contribution is -2.53. The third kappa shape index (κ3) is 3.14. The van der Waals surface area contributed by atoms with Crippen LogP contribution in [-0.2, 0) is 29.0 Å². The maximum absolute atomic E-state index is 13.1. The van der Waals surface area contributed by atoms with E-state index in [0.29, 0.717) is 32.5 Å². The maximum atomic E-state index is 13.1. The summed E-state index contributed by atoms with van der Waals surface area (Å²) in [6, 6.07) is 6.02. The van der Waals surface area contributed by atoms with Gasteiger partial charge < -0.3 is 24.3 Å². The van der Waals surface area contributed by atoms with Crippen LogP contribution in [0.15, 0.2) is 18.2 Å². The van der Waals surface area contributed by atoms with Crippen molar-refractivity contribution in [1.29, 1.82) is 0 Å². The molecule has 32 heavy (non-hydrogen) atoms. The Balaban J connectivity index is 1.34. The SMILES string of the molecule is CC1(C(=O)N2CCC3(CC2)C(=O)Nc2cc(B4OC(C)(C)C(C)(C)O4)ccc23)CCCO1. The minimum Gasteiger partial charge on any atom is -0.399 e. The lowest BCUT2D eigenvalue weighted by atomic mass is 9.71. The number of ether oxygens (including phenoxy) is 1. The number of amides is 2. The number of carbonyl (C=O) groups is 2. The van der Waals surface area contributed by atoms with E-state index in [1.807, 2.05) is 57.7 Å². The van der Waals surface area contributed by atoms with Crippen LogP contribution in [0.4, 0.5) is 5.69 Å². The van der Waals surface area contributed by atoms with Gasteiger partial charge in [-0.05, 0) is 77.4 Å². The number of anilines is 1. The average molecular weight is 440 g/mol. The van der Waals surface area contributed by atoms with Gasteiger partial charge in [-0.25, -0.2) is 0 Å². The summed E-state index contributed by atoms with van der Waals surface area (Å²) in [5, 5.41) is 3.09. The van der Waals surface area contributed by atoms with Crippen LogP contribution in [0.25, 0.3) is 0 Å². The topological polar surface area (TPSA) is 77.1 Å². The molecule has 4 aliphatic rings. The minimum atomic E-state index is -0.710. The van der Waals surface area contributed by atoms with Crippen LogP contribution in [-0.4, -0.2) is 60.3 Å². The zero-order valence-corrected chi connectivity index (χ0v) is 19.7. The Bertz CT molecular complexity index is 945. The highest BCUT2D eigenvalue weighted by Crippen LogP contribution is 2.45. The highest BCUT2D eigenvalue weighted by atomic mass is 16.7. The van der Waals surface area contributed by atoms with Gasteiger partial charge in [0.1, 0.15) is 5.60 Å². The molecule has 4 heterocycles. The number of benzene rings is 1. The van der Waals surface area contributed by atoms with Gasteiger partial charge in [-0.3, -0.25) is 9.59 Å². The minimum absolute atomic E-state index is 0.0222. The first-order chi connectivity index (χ1) is 15.0. The molecule has 5 rings (SSSR count). The Morgan fingerprint density at radius 1 is 1.03 bits per heavy atom. The summed E-state index contributed by atoms with van der Waals surface area (Å²) < 4.78 is 18.1. The summed E-state index contributed by atoms with van der Waals surface area (Å²) in [4.78, 5) is 28.0. The maximum Gasteiger partial charge on any atom is 0.494 e. The smallest absolute Gasteiger partial charge is 0.399 e. The number of fused-ring (bicyclic) bond motifs is 2. The second-order valence-electron chi connectivity index (χ2n) is 10.9. The zero-order valence-electron chi connectivity index (χ0n) is 19.7. The van der Waals surface area contributed by atoms with Gasteiger partial charge in [0.2, 0.25) is 5.91 Å². The lowest BCUT2D eigenvalue weighted by molar-refractivity contribution is -0.153. The molecule has 172 valence electrons. The van der Waals surface area contributed by atoms with E-state index >= 15 is 0 Å². The Morgan fingerprint density at radius 2 is 1.69 bits per heavy atom. The monoisotopic (exact) mass is 440 g/mol. The molecule has 1 aromatic carbocycles. The molecule has 0 aromatic heterocycles. The van der Waals surface area contributed by atoms with E-state index in [4.69, 9.17) is 14.0 Å². The van der Waals surface area contributed by atoms with Gasteiger partial charge in [-0.1, -0.05) is 12.1 Å². The highest BCUT2D eigenvalue weighted by molar-refractivity contribution is 6.62. The van der Waals surface area contributed by atoms with Crippen LogP contribution in [0.1, 0.15) is 65.9 Å². The molecular weight excluding hydrogens is 407 g/mol. The molecule has 8 heteroatoms. The van der Waals surface area contributed by atoms with E-state index < -0.39 is 29.3 Å². The first-order valence-corrected chi connectivity index (χ1v) is 11.7. The fourth-order valence-corrected chi connectivity index (χ4v) is 5.44. The van der Waals surface area contributed by atoms with E-state index in [0.717, 1.165) is 29.6 Å². The van der Waals surface area contributed by atoms with Crippen molar-refractivity contribution >= 4 is 30.1 Å². The predicted molar refractivity (Wildman–Crippen MR) is 122 cm³/mol. The number of nitrogens with one attached hydrogen (secondary N) is 1. The van der Waals surface area contributed by atoms with Gasteiger partial charge in [0.05, 0.1) is 16.6 Å². The molecule has 3 fully saturated rings. The quantitative estimate of drug-likeness (QED) is 0.715. The summed E-state index contributed by atoms with van der Waals surface area (Å²) in [5.74, 6) is 0.0774. The summed E-state index contributed by atoms with van der Waals surface area (Å²) >= 11 is 0. The fourth-order valence-electron chi connectivity index (χ4n) is 5.44. The molecule has 0 radical (unpaired) electrons. The van der Waals surface area contributed by atoms with E-state index in [1.54, 1.807) is 0 Å². The largest absolute Gasteiger partial charge is 0.494 e. The van der Waals surface area contributed by atoms with Crippen LogP contribution in [0, 0.1) is 0 Å². The second-order valence-corrected chi connectivity index (χ2v) is 10.9. The van der Waals surface area contributed by atoms with Gasteiger partial charge >= 0.3 is 7.12 Å². The molecule has 1 N–H and O–H groups in total. The normalized spacial score (nSPS) is 30.0. The van der Waals surface area contributed by atoms with Crippen molar-refractivity contribution in [2.45, 2.75) is 82.5 Å². The van der Waals surface area contributed by atoms with Gasteiger partial charge in [-0.2, -0.15) is 0 Å². The average Bonchev–Trinajstić information content (AvgIpc) is 3.36. The van der Waals surface area contributed by atoms with Crippen molar-refractivity contribution in [1.82, 2.24) is 4.90 Å².